The minimum Gasteiger partial charge on any atom is -0.469 e. The average Bonchev–Trinajstić information content (AvgIpc) is 3.76. The topological polar surface area (TPSA) is 175 Å². The van der Waals surface area contributed by atoms with E-state index in [0.29, 0.717) is 53.9 Å². The number of nitrogens with one attached hydrogen (secondary N) is 1. The molecule has 0 aliphatic carbocycles. The summed E-state index contributed by atoms with van der Waals surface area (Å²) in [6.07, 6.45) is 4.00. The number of rotatable bonds is 27. The molecule has 1 aromatic heterocycles. The van der Waals surface area contributed by atoms with Gasteiger partial charge in [-0.1, -0.05) is 89.1 Å². The number of piperidine rings is 1. The SMILES string of the molecule is CCCC(=O)OCN(C(=O)[C@@H](NC(=O)[C@H]1CCCC[N+]1(C)CCSSC(C)=O)C(C)CC)[C@H](C[C@@H](OC(C)=O)c1nc(C(=O)C[C@@H](Cc2ccccc2)C[C@H](C)C(=O)OC)cs1)C(C)C. The molecule has 65 heavy (non-hydrogen) atoms. The maximum Gasteiger partial charge on any atom is 0.308 e. The van der Waals surface area contributed by atoms with Crippen molar-refractivity contribution in [1.29, 1.82) is 0 Å². The Hall–Kier alpha value is -3.80. The fourth-order valence-corrected chi connectivity index (χ4v) is 11.1. The van der Waals surface area contributed by atoms with E-state index in [1.165, 1.54) is 58.8 Å². The van der Waals surface area contributed by atoms with Gasteiger partial charge in [-0.05, 0) is 66.2 Å². The van der Waals surface area contributed by atoms with Crippen molar-refractivity contribution in [2.24, 2.45) is 23.7 Å². The highest BCUT2D eigenvalue weighted by Crippen LogP contribution is 2.34. The Labute approximate surface area is 398 Å². The molecule has 2 amide bonds. The van der Waals surface area contributed by atoms with Crippen molar-refractivity contribution >= 4 is 73.5 Å². The number of Topliss-reactive ketones (excluding diaryl/α,β-unsaturated/α-hetero) is 1. The number of hydrogen-bond acceptors (Lipinski definition) is 14. The molecule has 2 aromatic rings. The monoisotopic (exact) mass is 961 g/mol. The van der Waals surface area contributed by atoms with E-state index >= 15 is 4.79 Å². The van der Waals surface area contributed by atoms with Crippen LogP contribution in [0.1, 0.15) is 140 Å². The minimum absolute atomic E-state index is 0.0267. The van der Waals surface area contributed by atoms with Gasteiger partial charge in [0, 0.05) is 51.0 Å². The highest BCUT2D eigenvalue weighted by atomic mass is 33.1. The van der Waals surface area contributed by atoms with Gasteiger partial charge in [0.15, 0.2) is 29.8 Å². The zero-order valence-electron chi connectivity index (χ0n) is 40.1. The molecule has 1 aliphatic rings. The lowest BCUT2D eigenvalue weighted by Crippen LogP contribution is -2.64. The van der Waals surface area contributed by atoms with Crippen LogP contribution in [0.5, 0.6) is 0 Å². The van der Waals surface area contributed by atoms with Crippen molar-refractivity contribution in [2.45, 2.75) is 144 Å². The van der Waals surface area contributed by atoms with Crippen LogP contribution in [0, 0.1) is 23.7 Å². The highest BCUT2D eigenvalue weighted by Gasteiger charge is 2.44. The second kappa shape index (κ2) is 27.7. The van der Waals surface area contributed by atoms with Gasteiger partial charge in [0.1, 0.15) is 16.7 Å². The molecule has 1 fully saturated rings. The Balaban J connectivity index is 1.97. The van der Waals surface area contributed by atoms with Crippen molar-refractivity contribution in [3.05, 3.63) is 52.0 Å². The third kappa shape index (κ3) is 17.7. The number of hydrogen-bond donors (Lipinski definition) is 1. The lowest BCUT2D eigenvalue weighted by atomic mass is 9.86. The number of thiazole rings is 1. The van der Waals surface area contributed by atoms with Gasteiger partial charge in [-0.15, -0.1) is 11.3 Å². The molecule has 2 unspecified atom stereocenters. The van der Waals surface area contributed by atoms with Crippen LogP contribution in [-0.4, -0.2) is 113 Å². The predicted octanol–water partition coefficient (Wildman–Crippen LogP) is 8.38. The van der Waals surface area contributed by atoms with Gasteiger partial charge in [-0.2, -0.15) is 0 Å². The number of likely N-dealkylation sites (tertiary alicyclic amines) is 1. The van der Waals surface area contributed by atoms with Gasteiger partial charge >= 0.3 is 17.9 Å². The van der Waals surface area contributed by atoms with E-state index in [-0.39, 0.29) is 72.2 Å². The van der Waals surface area contributed by atoms with Crippen LogP contribution in [0.15, 0.2) is 35.7 Å². The summed E-state index contributed by atoms with van der Waals surface area (Å²) in [5.74, 6) is -2.73. The molecule has 1 aromatic carbocycles. The zero-order chi connectivity index (χ0) is 48.3. The molecule has 2 heterocycles. The van der Waals surface area contributed by atoms with Crippen LogP contribution in [0.25, 0.3) is 0 Å². The van der Waals surface area contributed by atoms with Gasteiger partial charge < -0.3 is 28.9 Å². The zero-order valence-corrected chi connectivity index (χ0v) is 42.6. The van der Waals surface area contributed by atoms with Crippen molar-refractivity contribution < 1.29 is 52.3 Å². The maximum atomic E-state index is 15.1. The molecule has 1 N–H and O–H groups in total. The van der Waals surface area contributed by atoms with Gasteiger partial charge in [0.2, 0.25) is 5.91 Å². The summed E-state index contributed by atoms with van der Waals surface area (Å²) in [4.78, 5) is 99.2. The number of amides is 2. The van der Waals surface area contributed by atoms with Crippen molar-refractivity contribution in [3.63, 3.8) is 0 Å². The summed E-state index contributed by atoms with van der Waals surface area (Å²) in [5, 5.41) is 5.20. The van der Waals surface area contributed by atoms with Crippen LogP contribution in [0.2, 0.25) is 0 Å². The first-order chi connectivity index (χ1) is 30.8. The van der Waals surface area contributed by atoms with E-state index in [0.717, 1.165) is 24.9 Å². The lowest BCUT2D eigenvalue weighted by molar-refractivity contribution is -0.927. The van der Waals surface area contributed by atoms with Crippen LogP contribution in [0.4, 0.5) is 0 Å². The first-order valence-electron chi connectivity index (χ1n) is 23.0. The third-order valence-corrected chi connectivity index (χ3v) is 15.5. The molecule has 0 bridgehead atoms. The fourth-order valence-electron chi connectivity index (χ4n) is 8.47. The van der Waals surface area contributed by atoms with Crippen molar-refractivity contribution in [2.75, 3.05) is 39.7 Å². The second-order valence-electron chi connectivity index (χ2n) is 18.0. The number of aromatic nitrogens is 1. The summed E-state index contributed by atoms with van der Waals surface area (Å²) in [7, 11) is 6.10. The second-order valence-corrected chi connectivity index (χ2v) is 21.5. The number of ether oxygens (including phenoxy) is 3. The van der Waals surface area contributed by atoms with E-state index in [4.69, 9.17) is 19.2 Å². The van der Waals surface area contributed by atoms with Gasteiger partial charge in [-0.25, -0.2) is 4.98 Å². The molecule has 0 spiro atoms. The number of nitrogens with zero attached hydrogens (tertiary/aromatic N) is 3. The molecular weight excluding hydrogens is 889 g/mol. The number of methoxy groups -OCH3 is 1. The first kappa shape index (κ1) is 55.5. The smallest absolute Gasteiger partial charge is 0.308 e. The molecule has 1 saturated heterocycles. The molecule has 0 saturated carbocycles. The number of ketones is 1. The quantitative estimate of drug-likeness (QED) is 0.0172. The summed E-state index contributed by atoms with van der Waals surface area (Å²) >= 11 is 1.18. The summed E-state index contributed by atoms with van der Waals surface area (Å²) in [6, 6.07) is 7.73. The Kier molecular flexibility index (Phi) is 23.7. The molecular formula is C48H73N4O10S3+. The number of quaternary nitrogens is 1. The molecule has 362 valence electrons. The van der Waals surface area contributed by atoms with E-state index in [9.17, 15) is 28.8 Å². The number of esters is 3. The Morgan fingerprint density at radius 3 is 2.32 bits per heavy atom. The summed E-state index contributed by atoms with van der Waals surface area (Å²) in [5.41, 5.74) is 1.24. The third-order valence-electron chi connectivity index (χ3n) is 12.3. The maximum absolute atomic E-state index is 15.1. The molecule has 8 atom stereocenters. The van der Waals surface area contributed by atoms with Crippen molar-refractivity contribution in [1.82, 2.24) is 15.2 Å². The van der Waals surface area contributed by atoms with Crippen molar-refractivity contribution in [3.8, 4) is 0 Å². The Morgan fingerprint density at radius 1 is 1.00 bits per heavy atom. The average molecular weight is 962 g/mol. The van der Waals surface area contributed by atoms with E-state index < -0.39 is 48.0 Å². The normalized spacial score (nSPS) is 18.9. The Bertz CT molecular complexity index is 1880. The first-order valence-corrected chi connectivity index (χ1v) is 26.2. The van der Waals surface area contributed by atoms with Crippen LogP contribution < -0.4 is 5.32 Å². The van der Waals surface area contributed by atoms with Crippen LogP contribution >= 0.6 is 32.9 Å². The number of benzene rings is 1. The molecule has 1 aliphatic heterocycles. The number of carbonyl (C=O) groups excluding carboxylic acids is 7. The van der Waals surface area contributed by atoms with Gasteiger partial charge in [0.25, 0.3) is 5.91 Å². The van der Waals surface area contributed by atoms with Crippen LogP contribution in [0.3, 0.4) is 0 Å². The van der Waals surface area contributed by atoms with Gasteiger partial charge in [-0.3, -0.25) is 33.6 Å². The van der Waals surface area contributed by atoms with E-state index in [1.54, 1.807) is 12.3 Å². The van der Waals surface area contributed by atoms with Crippen LogP contribution in [-0.2, 0) is 49.4 Å². The van der Waals surface area contributed by atoms with Gasteiger partial charge in [0.05, 0.1) is 38.9 Å². The number of carbonyl (C=O) groups is 7. The van der Waals surface area contributed by atoms with E-state index in [2.05, 4.69) is 12.4 Å². The molecule has 17 heteroatoms. The highest BCUT2D eigenvalue weighted by molar-refractivity contribution is 8.82. The number of likely N-dealkylation sites (N-methyl/N-ethyl adjacent to an activating group) is 1. The van der Waals surface area contributed by atoms with E-state index in [1.807, 2.05) is 65.0 Å². The lowest BCUT2D eigenvalue weighted by Gasteiger charge is -2.44. The summed E-state index contributed by atoms with van der Waals surface area (Å²) < 4.78 is 17.1. The molecule has 14 nitrogen and oxygen atoms in total. The fraction of sp³-hybridized carbons (Fsp3) is 0.667. The molecule has 3 rings (SSSR count). The Morgan fingerprint density at radius 2 is 1.71 bits per heavy atom. The standard InChI is InChI=1S/C48H72N4O10S3/c1-11-18-43(56)61-30-51(47(58)44(32(5)12-2)50-45(57)40-21-16-17-22-52(40,9)23-24-64-65-35(8)54)39(31(3)4)28-42(62-34(7)53)46-49-38(29-63-46)41(55)27-37(25-33(6)48(59)60-10)26-36-19-14-13-15-20-36/h13-15,19-20,29,31-33,37,39-40,42,44H,11-12,16-18,21-28,30H2,1-10H3/p+1/t32?,33-,37+,39+,40+,42+,44-,52?/m0/s1. The predicted molar refractivity (Wildman–Crippen MR) is 257 cm³/mol. The summed E-state index contributed by atoms with van der Waals surface area (Å²) in [6.45, 7) is 15.3. The minimum atomic E-state index is -0.969. The molecule has 0 radical (unpaired) electrons. The largest absolute Gasteiger partial charge is 0.469 e.